The van der Waals surface area contributed by atoms with Crippen molar-refractivity contribution in [1.29, 1.82) is 0 Å². The van der Waals surface area contributed by atoms with E-state index in [4.69, 9.17) is 10.9 Å². The van der Waals surface area contributed by atoms with Crippen molar-refractivity contribution in [2.45, 2.75) is 52.9 Å². The Hall–Kier alpha value is -0.770. The molecule has 0 aliphatic rings. The Labute approximate surface area is 106 Å². The minimum atomic E-state index is 0.324. The molecule has 17 heavy (non-hydrogen) atoms. The van der Waals surface area contributed by atoms with Crippen molar-refractivity contribution in [3.8, 4) is 0 Å². The van der Waals surface area contributed by atoms with E-state index >= 15 is 0 Å². The van der Waals surface area contributed by atoms with Crippen LogP contribution in [0.25, 0.3) is 0 Å². The Kier molecular flexibility index (Phi) is 9.92. The zero-order valence-corrected chi connectivity index (χ0v) is 11.7. The highest BCUT2D eigenvalue weighted by Gasteiger charge is 2.11. The Morgan fingerprint density at radius 3 is 2.53 bits per heavy atom. The van der Waals surface area contributed by atoms with Crippen LogP contribution in [0.3, 0.4) is 0 Å². The smallest absolute Gasteiger partial charge is 0.140 e. The van der Waals surface area contributed by atoms with Crippen molar-refractivity contribution in [2.75, 3.05) is 19.6 Å². The van der Waals surface area contributed by atoms with Crippen LogP contribution in [-0.2, 0) is 0 Å². The third-order valence-electron chi connectivity index (χ3n) is 3.32. The molecule has 0 saturated heterocycles. The zero-order chi connectivity index (χ0) is 13.1. The van der Waals surface area contributed by atoms with Crippen LogP contribution in [0.2, 0.25) is 0 Å². The maximum Gasteiger partial charge on any atom is 0.140 e. The summed E-state index contributed by atoms with van der Waals surface area (Å²) in [4.78, 5) is 2.39. The van der Waals surface area contributed by atoms with Crippen molar-refractivity contribution in [2.24, 2.45) is 16.8 Å². The van der Waals surface area contributed by atoms with Crippen LogP contribution in [-0.4, -0.2) is 35.6 Å². The molecule has 0 aliphatic carbocycles. The third kappa shape index (κ3) is 8.02. The van der Waals surface area contributed by atoms with Gasteiger partial charge in [0.15, 0.2) is 0 Å². The minimum absolute atomic E-state index is 0.324. The summed E-state index contributed by atoms with van der Waals surface area (Å²) in [6.45, 7) is 9.71. The van der Waals surface area contributed by atoms with Gasteiger partial charge in [0.1, 0.15) is 5.84 Å². The van der Waals surface area contributed by atoms with E-state index in [1.54, 1.807) is 0 Å². The molecule has 0 fully saturated rings. The van der Waals surface area contributed by atoms with E-state index in [1.807, 2.05) is 0 Å². The van der Waals surface area contributed by atoms with E-state index in [0.29, 0.717) is 12.3 Å². The van der Waals surface area contributed by atoms with Gasteiger partial charge in [-0.1, -0.05) is 45.2 Å². The number of hydrogen-bond acceptors (Lipinski definition) is 3. The van der Waals surface area contributed by atoms with Crippen molar-refractivity contribution in [1.82, 2.24) is 4.90 Å². The lowest BCUT2D eigenvalue weighted by molar-refractivity contribution is 0.232. The summed E-state index contributed by atoms with van der Waals surface area (Å²) in [5.41, 5.74) is 5.49. The number of oxime groups is 1. The number of amidine groups is 1. The molecule has 4 heteroatoms. The van der Waals surface area contributed by atoms with Gasteiger partial charge in [-0.15, -0.1) is 0 Å². The maximum absolute atomic E-state index is 8.51. The SMILES string of the molecule is CCCCC(CC)CN(CC)CCC(N)=NO. The van der Waals surface area contributed by atoms with Gasteiger partial charge in [-0.3, -0.25) is 0 Å². The molecule has 0 saturated carbocycles. The van der Waals surface area contributed by atoms with Crippen molar-refractivity contribution < 1.29 is 5.21 Å². The predicted octanol–water partition coefficient (Wildman–Crippen LogP) is 2.66. The number of nitrogens with two attached hydrogens (primary N) is 1. The first kappa shape index (κ1) is 16.2. The van der Waals surface area contributed by atoms with Crippen molar-refractivity contribution in [3.63, 3.8) is 0 Å². The van der Waals surface area contributed by atoms with Gasteiger partial charge in [0.05, 0.1) is 0 Å². The summed E-state index contributed by atoms with van der Waals surface area (Å²) < 4.78 is 0. The van der Waals surface area contributed by atoms with E-state index in [1.165, 1.54) is 25.7 Å². The minimum Gasteiger partial charge on any atom is -0.409 e. The molecular weight excluding hydrogens is 214 g/mol. The Balaban J connectivity index is 3.99. The summed E-state index contributed by atoms with van der Waals surface area (Å²) in [5.74, 6) is 1.10. The van der Waals surface area contributed by atoms with Crippen LogP contribution < -0.4 is 5.73 Å². The van der Waals surface area contributed by atoms with E-state index in [9.17, 15) is 0 Å². The monoisotopic (exact) mass is 243 g/mol. The second-order valence-electron chi connectivity index (χ2n) is 4.65. The summed E-state index contributed by atoms with van der Waals surface area (Å²) >= 11 is 0. The predicted molar refractivity (Wildman–Crippen MR) is 73.4 cm³/mol. The van der Waals surface area contributed by atoms with E-state index in [0.717, 1.165) is 25.6 Å². The topological polar surface area (TPSA) is 61.8 Å². The van der Waals surface area contributed by atoms with Gasteiger partial charge < -0.3 is 15.8 Å². The normalized spacial score (nSPS) is 14.2. The van der Waals surface area contributed by atoms with Crippen molar-refractivity contribution in [3.05, 3.63) is 0 Å². The first-order valence-corrected chi connectivity index (χ1v) is 6.86. The quantitative estimate of drug-likeness (QED) is 0.268. The summed E-state index contributed by atoms with van der Waals surface area (Å²) in [7, 11) is 0. The highest BCUT2D eigenvalue weighted by molar-refractivity contribution is 5.79. The molecule has 0 aromatic heterocycles. The summed E-state index contributed by atoms with van der Waals surface area (Å²) in [5, 5.41) is 11.5. The fourth-order valence-corrected chi connectivity index (χ4v) is 1.98. The van der Waals surface area contributed by atoms with Crippen LogP contribution in [0.5, 0.6) is 0 Å². The highest BCUT2D eigenvalue weighted by atomic mass is 16.4. The first-order valence-electron chi connectivity index (χ1n) is 6.86. The highest BCUT2D eigenvalue weighted by Crippen LogP contribution is 2.14. The maximum atomic E-state index is 8.51. The van der Waals surface area contributed by atoms with Gasteiger partial charge in [0.2, 0.25) is 0 Å². The van der Waals surface area contributed by atoms with Crippen LogP contribution in [0.15, 0.2) is 5.16 Å². The fraction of sp³-hybridized carbons (Fsp3) is 0.923. The molecule has 1 atom stereocenters. The summed E-state index contributed by atoms with van der Waals surface area (Å²) in [6, 6.07) is 0. The Morgan fingerprint density at radius 2 is 2.06 bits per heavy atom. The number of nitrogens with zero attached hydrogens (tertiary/aromatic N) is 2. The number of unbranched alkanes of at least 4 members (excludes halogenated alkanes) is 1. The molecule has 3 N–H and O–H groups in total. The molecule has 0 aromatic rings. The van der Waals surface area contributed by atoms with E-state index in [-0.39, 0.29) is 0 Å². The van der Waals surface area contributed by atoms with Gasteiger partial charge in [0, 0.05) is 19.5 Å². The number of hydrogen-bond donors (Lipinski definition) is 2. The van der Waals surface area contributed by atoms with Gasteiger partial charge in [-0.2, -0.15) is 0 Å². The van der Waals surface area contributed by atoms with Crippen LogP contribution in [0.4, 0.5) is 0 Å². The standard InChI is InChI=1S/C13H29N3O/c1-4-7-8-12(5-2)11-16(6-3)10-9-13(14)15-17/h12,17H,4-11H2,1-3H3,(H2,14,15). The zero-order valence-electron chi connectivity index (χ0n) is 11.7. The molecule has 0 aromatic carbocycles. The molecule has 1 unspecified atom stereocenters. The average Bonchev–Trinajstić information content (AvgIpc) is 2.37. The molecular formula is C13H29N3O. The lowest BCUT2D eigenvalue weighted by atomic mass is 9.98. The molecule has 0 spiro atoms. The fourth-order valence-electron chi connectivity index (χ4n) is 1.98. The van der Waals surface area contributed by atoms with E-state index in [2.05, 4.69) is 30.8 Å². The average molecular weight is 243 g/mol. The third-order valence-corrected chi connectivity index (χ3v) is 3.32. The second-order valence-corrected chi connectivity index (χ2v) is 4.65. The van der Waals surface area contributed by atoms with Gasteiger partial charge in [0.25, 0.3) is 0 Å². The largest absolute Gasteiger partial charge is 0.409 e. The van der Waals surface area contributed by atoms with Crippen LogP contribution in [0.1, 0.15) is 52.9 Å². The Morgan fingerprint density at radius 1 is 1.35 bits per heavy atom. The molecule has 0 amide bonds. The van der Waals surface area contributed by atoms with Gasteiger partial charge in [-0.05, 0) is 18.9 Å². The number of rotatable bonds is 10. The summed E-state index contributed by atoms with van der Waals surface area (Å²) in [6.07, 6.45) is 5.78. The lowest BCUT2D eigenvalue weighted by Gasteiger charge is -2.25. The second kappa shape index (κ2) is 10.4. The molecule has 0 bridgehead atoms. The lowest BCUT2D eigenvalue weighted by Crippen LogP contribution is -2.32. The molecule has 4 nitrogen and oxygen atoms in total. The van der Waals surface area contributed by atoms with Crippen LogP contribution in [0, 0.1) is 5.92 Å². The molecule has 102 valence electrons. The molecule has 0 heterocycles. The van der Waals surface area contributed by atoms with Gasteiger partial charge in [-0.25, -0.2) is 0 Å². The molecule has 0 aliphatic heterocycles. The van der Waals surface area contributed by atoms with Gasteiger partial charge >= 0.3 is 0 Å². The van der Waals surface area contributed by atoms with Crippen molar-refractivity contribution >= 4 is 5.84 Å². The molecule has 0 rings (SSSR count). The Bertz CT molecular complexity index is 207. The van der Waals surface area contributed by atoms with Crippen LogP contribution >= 0.6 is 0 Å². The molecule has 0 radical (unpaired) electrons. The first-order chi connectivity index (χ1) is 8.17. The van der Waals surface area contributed by atoms with E-state index < -0.39 is 0 Å².